The van der Waals surface area contributed by atoms with Crippen molar-refractivity contribution in [1.82, 2.24) is 24.8 Å². The topological polar surface area (TPSA) is 91.8 Å². The third kappa shape index (κ3) is 7.12. The van der Waals surface area contributed by atoms with Gasteiger partial charge in [-0.05, 0) is 44.2 Å². The number of aryl methyl sites for hydroxylation is 1. The van der Waals surface area contributed by atoms with Crippen molar-refractivity contribution in [2.45, 2.75) is 50.9 Å². The zero-order valence-corrected chi connectivity index (χ0v) is 23.8. The fourth-order valence-electron chi connectivity index (χ4n) is 5.87. The quantitative estimate of drug-likeness (QED) is 0.437. The molecule has 3 aromatic rings. The average molecular weight is 587 g/mol. The number of pyridine rings is 2. The Kier molecular flexibility index (Phi) is 8.48. The summed E-state index contributed by atoms with van der Waals surface area (Å²) in [6, 6.07) is 4.35. The van der Waals surface area contributed by atoms with Crippen LogP contribution in [0.3, 0.4) is 0 Å². The van der Waals surface area contributed by atoms with Gasteiger partial charge in [0.15, 0.2) is 0 Å². The molecular weight excluding hydrogens is 549 g/mol. The van der Waals surface area contributed by atoms with E-state index in [1.807, 2.05) is 24.1 Å². The Morgan fingerprint density at radius 3 is 2.31 bits per heavy atom. The molecule has 3 aromatic heterocycles. The molecule has 6 rings (SSSR count). The normalized spacial score (nSPS) is 22.4. The first-order valence-corrected chi connectivity index (χ1v) is 14.7. The number of alkyl halides is 3. The first-order valence-electron chi connectivity index (χ1n) is 14.7. The standard InChI is InChI=1S/C29H37F3N8O2/c1-20-14-24-25(33-16-20)15-26(40-10-12-41-13-11-40)37-27(24)42-23-4-2-21(3-5-23)36-28-34-17-22(18-35-28)39-8-6-38(7-9-39)19-29(30,31)32/h14-18,21,23H,2-13,19H2,1H3,(H,34,35,36). The Bertz CT molecular complexity index is 1340. The maximum Gasteiger partial charge on any atom is 0.401 e. The maximum absolute atomic E-state index is 12.7. The second-order valence-corrected chi connectivity index (χ2v) is 11.3. The number of hydrogen-bond donors (Lipinski definition) is 1. The molecule has 0 atom stereocenters. The largest absolute Gasteiger partial charge is 0.474 e. The maximum atomic E-state index is 12.7. The van der Waals surface area contributed by atoms with Crippen molar-refractivity contribution in [3.63, 3.8) is 0 Å². The van der Waals surface area contributed by atoms with E-state index in [1.165, 1.54) is 4.90 Å². The molecule has 2 saturated heterocycles. The zero-order valence-electron chi connectivity index (χ0n) is 23.8. The molecule has 0 spiro atoms. The van der Waals surface area contributed by atoms with Gasteiger partial charge in [-0.3, -0.25) is 9.88 Å². The lowest BCUT2D eigenvalue weighted by Crippen LogP contribution is -2.49. The fourth-order valence-corrected chi connectivity index (χ4v) is 5.87. The van der Waals surface area contributed by atoms with Crippen LogP contribution in [0.1, 0.15) is 31.2 Å². The summed E-state index contributed by atoms with van der Waals surface area (Å²) in [4.78, 5) is 24.2. The van der Waals surface area contributed by atoms with E-state index in [4.69, 9.17) is 14.5 Å². The number of morpholine rings is 1. The van der Waals surface area contributed by atoms with Gasteiger partial charge in [0.25, 0.3) is 0 Å². The van der Waals surface area contributed by atoms with Crippen molar-refractivity contribution in [1.29, 1.82) is 0 Å². The van der Waals surface area contributed by atoms with Crippen LogP contribution in [0.15, 0.2) is 30.7 Å². The number of nitrogens with zero attached hydrogens (tertiary/aromatic N) is 7. The van der Waals surface area contributed by atoms with Gasteiger partial charge in [0.2, 0.25) is 11.8 Å². The molecule has 0 radical (unpaired) electrons. The van der Waals surface area contributed by atoms with E-state index in [1.54, 1.807) is 12.4 Å². The number of nitrogens with one attached hydrogen (secondary N) is 1. The molecule has 5 heterocycles. The summed E-state index contributed by atoms with van der Waals surface area (Å²) in [7, 11) is 0. The van der Waals surface area contributed by atoms with Crippen LogP contribution in [0.5, 0.6) is 5.88 Å². The molecule has 1 N–H and O–H groups in total. The predicted octanol–water partition coefficient (Wildman–Crippen LogP) is 4.05. The molecule has 0 unspecified atom stereocenters. The Balaban J connectivity index is 1.03. The molecule has 0 aromatic carbocycles. The van der Waals surface area contributed by atoms with Crippen LogP contribution in [0.25, 0.3) is 10.9 Å². The molecule has 1 saturated carbocycles. The van der Waals surface area contributed by atoms with E-state index in [2.05, 4.69) is 31.2 Å². The van der Waals surface area contributed by atoms with E-state index in [0.29, 0.717) is 51.2 Å². The lowest BCUT2D eigenvalue weighted by atomic mass is 9.93. The van der Waals surface area contributed by atoms with Crippen LogP contribution in [0.4, 0.5) is 30.6 Å². The fraction of sp³-hybridized carbons (Fsp3) is 0.586. The molecule has 3 aliphatic rings. The van der Waals surface area contributed by atoms with Gasteiger partial charge < -0.3 is 24.6 Å². The minimum Gasteiger partial charge on any atom is -0.474 e. The van der Waals surface area contributed by atoms with Gasteiger partial charge >= 0.3 is 6.18 Å². The number of hydrogen-bond acceptors (Lipinski definition) is 10. The van der Waals surface area contributed by atoms with Crippen molar-refractivity contribution in [2.24, 2.45) is 0 Å². The summed E-state index contributed by atoms with van der Waals surface area (Å²) in [5, 5.41) is 4.38. The Morgan fingerprint density at radius 1 is 0.905 bits per heavy atom. The summed E-state index contributed by atoms with van der Waals surface area (Å²) in [6.07, 6.45) is 4.84. The van der Waals surface area contributed by atoms with Crippen molar-refractivity contribution in [2.75, 3.05) is 74.1 Å². The summed E-state index contributed by atoms with van der Waals surface area (Å²) in [5.74, 6) is 2.07. The third-order valence-electron chi connectivity index (χ3n) is 8.17. The smallest absolute Gasteiger partial charge is 0.401 e. The lowest BCUT2D eigenvalue weighted by molar-refractivity contribution is -0.146. The summed E-state index contributed by atoms with van der Waals surface area (Å²) >= 11 is 0. The minimum absolute atomic E-state index is 0.0542. The highest BCUT2D eigenvalue weighted by Gasteiger charge is 2.32. The van der Waals surface area contributed by atoms with Crippen LogP contribution in [-0.2, 0) is 4.74 Å². The van der Waals surface area contributed by atoms with E-state index in [9.17, 15) is 13.2 Å². The number of halogens is 3. The van der Waals surface area contributed by atoms with Crippen molar-refractivity contribution < 1.29 is 22.6 Å². The van der Waals surface area contributed by atoms with Crippen LogP contribution in [-0.4, -0.2) is 102 Å². The van der Waals surface area contributed by atoms with Gasteiger partial charge in [-0.15, -0.1) is 0 Å². The number of ether oxygens (including phenoxy) is 2. The van der Waals surface area contributed by atoms with Crippen LogP contribution in [0.2, 0.25) is 0 Å². The number of aromatic nitrogens is 4. The minimum atomic E-state index is -4.17. The lowest BCUT2D eigenvalue weighted by Gasteiger charge is -2.36. The molecule has 0 amide bonds. The second-order valence-electron chi connectivity index (χ2n) is 11.3. The number of anilines is 3. The first-order chi connectivity index (χ1) is 20.3. The summed E-state index contributed by atoms with van der Waals surface area (Å²) < 4.78 is 50.0. The first kappa shape index (κ1) is 28.7. The molecule has 13 heteroatoms. The highest BCUT2D eigenvalue weighted by molar-refractivity contribution is 5.86. The van der Waals surface area contributed by atoms with Gasteiger partial charge in [-0.25, -0.2) is 9.97 Å². The predicted molar refractivity (Wildman–Crippen MR) is 154 cm³/mol. The van der Waals surface area contributed by atoms with Gasteiger partial charge in [-0.2, -0.15) is 18.2 Å². The Hall–Kier alpha value is -3.45. The van der Waals surface area contributed by atoms with E-state index in [-0.39, 0.29) is 12.1 Å². The highest BCUT2D eigenvalue weighted by atomic mass is 19.4. The monoisotopic (exact) mass is 586 g/mol. The molecule has 10 nitrogen and oxygen atoms in total. The van der Waals surface area contributed by atoms with E-state index < -0.39 is 12.7 Å². The van der Waals surface area contributed by atoms with Crippen LogP contribution < -0.4 is 19.9 Å². The molecule has 42 heavy (non-hydrogen) atoms. The Labute approximate surface area is 243 Å². The summed E-state index contributed by atoms with van der Waals surface area (Å²) in [6.45, 7) is 5.88. The molecule has 0 bridgehead atoms. The Morgan fingerprint density at radius 2 is 1.62 bits per heavy atom. The van der Waals surface area contributed by atoms with Crippen LogP contribution in [0, 0.1) is 6.92 Å². The van der Waals surface area contributed by atoms with E-state index >= 15 is 0 Å². The van der Waals surface area contributed by atoms with Crippen LogP contribution >= 0.6 is 0 Å². The van der Waals surface area contributed by atoms with Crippen molar-refractivity contribution >= 4 is 28.4 Å². The number of piperazine rings is 1. The molecule has 2 aliphatic heterocycles. The zero-order chi connectivity index (χ0) is 29.1. The van der Waals surface area contributed by atoms with Gasteiger partial charge in [0.1, 0.15) is 11.9 Å². The van der Waals surface area contributed by atoms with Gasteiger partial charge in [0, 0.05) is 57.6 Å². The number of fused-ring (bicyclic) bond motifs is 1. The van der Waals surface area contributed by atoms with E-state index in [0.717, 1.165) is 66.7 Å². The summed E-state index contributed by atoms with van der Waals surface area (Å²) in [5.41, 5.74) is 2.77. The highest BCUT2D eigenvalue weighted by Crippen LogP contribution is 2.32. The average Bonchev–Trinajstić information content (AvgIpc) is 2.99. The number of rotatable bonds is 7. The van der Waals surface area contributed by atoms with Crippen molar-refractivity contribution in [3.05, 3.63) is 36.3 Å². The SMILES string of the molecule is Cc1cnc2cc(N3CCOCC3)nc(OC3CCC(Nc4ncc(N5CCN(CC(F)(F)F)CC5)cn4)CC3)c2c1. The molecule has 1 aliphatic carbocycles. The third-order valence-corrected chi connectivity index (χ3v) is 8.17. The van der Waals surface area contributed by atoms with Crippen molar-refractivity contribution in [3.8, 4) is 5.88 Å². The second kappa shape index (κ2) is 12.4. The molecule has 226 valence electrons. The van der Waals surface area contributed by atoms with Gasteiger partial charge in [0.05, 0.1) is 48.7 Å². The van der Waals surface area contributed by atoms with Gasteiger partial charge in [-0.1, -0.05) is 0 Å². The molecule has 3 fully saturated rings. The molecular formula is C29H37F3N8O2.